The van der Waals surface area contributed by atoms with Crippen molar-refractivity contribution in [3.63, 3.8) is 0 Å². The quantitative estimate of drug-likeness (QED) is 0.689. The molecule has 1 aromatic rings. The summed E-state index contributed by atoms with van der Waals surface area (Å²) in [7, 11) is 2.23. The monoisotopic (exact) mass is 358 g/mol. The Balaban J connectivity index is 2.18. The molecule has 0 bridgehead atoms. The van der Waals surface area contributed by atoms with E-state index in [1.54, 1.807) is 0 Å². The van der Waals surface area contributed by atoms with Crippen LogP contribution in [-0.2, 0) is 24.1 Å². The first-order valence-corrected chi connectivity index (χ1v) is 9.53. The first kappa shape index (κ1) is 18.9. The van der Waals surface area contributed by atoms with Crippen LogP contribution in [0.3, 0.4) is 0 Å². The SMILES string of the molecule is CN(CCN(C)S(=O)(=O)c1cn(C)c(=O)n(C)c1=O)C1CCCC1. The Labute approximate surface area is 142 Å². The summed E-state index contributed by atoms with van der Waals surface area (Å²) in [5.41, 5.74) is -1.35. The number of sulfonamides is 1. The van der Waals surface area contributed by atoms with E-state index in [4.69, 9.17) is 0 Å². The van der Waals surface area contributed by atoms with Crippen molar-refractivity contribution in [2.45, 2.75) is 36.6 Å². The molecule has 0 aliphatic heterocycles. The number of likely N-dealkylation sites (N-methyl/N-ethyl adjacent to an activating group) is 2. The maximum Gasteiger partial charge on any atom is 0.330 e. The van der Waals surface area contributed by atoms with E-state index in [0.29, 0.717) is 19.1 Å². The standard InChI is InChI=1S/C15H26N4O4S/c1-16(12-7-5-6-8-12)9-10-18(3)24(22,23)13-11-17(2)15(21)19(4)14(13)20/h11-12H,5-10H2,1-4H3. The smallest absolute Gasteiger partial charge is 0.302 e. The van der Waals surface area contributed by atoms with Gasteiger partial charge < -0.3 is 9.47 Å². The molecule has 1 aliphatic carbocycles. The van der Waals surface area contributed by atoms with Crippen molar-refractivity contribution in [1.82, 2.24) is 18.3 Å². The fourth-order valence-electron chi connectivity index (χ4n) is 3.07. The van der Waals surface area contributed by atoms with Gasteiger partial charge in [0.2, 0.25) is 10.0 Å². The van der Waals surface area contributed by atoms with Gasteiger partial charge in [0.25, 0.3) is 5.56 Å². The van der Waals surface area contributed by atoms with Crippen LogP contribution in [0.2, 0.25) is 0 Å². The second-order valence-electron chi connectivity index (χ2n) is 6.50. The van der Waals surface area contributed by atoms with Gasteiger partial charge in [-0.3, -0.25) is 9.36 Å². The normalized spacial score (nSPS) is 16.4. The molecule has 8 nitrogen and oxygen atoms in total. The van der Waals surface area contributed by atoms with E-state index in [9.17, 15) is 18.0 Å². The zero-order valence-electron chi connectivity index (χ0n) is 14.7. The summed E-state index contributed by atoms with van der Waals surface area (Å²) in [6.07, 6.45) is 5.83. The van der Waals surface area contributed by atoms with Crippen LogP contribution in [0.15, 0.2) is 20.7 Å². The van der Waals surface area contributed by atoms with Crippen LogP contribution in [0.5, 0.6) is 0 Å². The van der Waals surface area contributed by atoms with E-state index in [1.807, 2.05) is 7.05 Å². The van der Waals surface area contributed by atoms with Gasteiger partial charge in [0.1, 0.15) is 0 Å². The van der Waals surface area contributed by atoms with Gasteiger partial charge in [0, 0.05) is 46.5 Å². The molecule has 0 atom stereocenters. The fraction of sp³-hybridized carbons (Fsp3) is 0.733. The van der Waals surface area contributed by atoms with E-state index in [2.05, 4.69) is 4.90 Å². The topological polar surface area (TPSA) is 84.6 Å². The number of aryl methyl sites for hydroxylation is 1. The zero-order valence-corrected chi connectivity index (χ0v) is 15.5. The summed E-state index contributed by atoms with van der Waals surface area (Å²) in [6, 6.07) is 0.506. The third-order valence-electron chi connectivity index (χ3n) is 4.82. The highest BCUT2D eigenvalue weighted by Crippen LogP contribution is 2.22. The van der Waals surface area contributed by atoms with E-state index in [-0.39, 0.29) is 4.90 Å². The summed E-state index contributed by atoms with van der Waals surface area (Å²) in [6.45, 7) is 0.897. The minimum Gasteiger partial charge on any atom is -0.302 e. The lowest BCUT2D eigenvalue weighted by molar-refractivity contribution is 0.233. The summed E-state index contributed by atoms with van der Waals surface area (Å²) >= 11 is 0. The summed E-state index contributed by atoms with van der Waals surface area (Å²) in [5.74, 6) is 0. The molecule has 136 valence electrons. The predicted molar refractivity (Wildman–Crippen MR) is 91.6 cm³/mol. The summed E-state index contributed by atoms with van der Waals surface area (Å²) < 4.78 is 28.5. The van der Waals surface area contributed by atoms with E-state index >= 15 is 0 Å². The number of hydrogen-bond donors (Lipinski definition) is 0. The Kier molecular flexibility index (Phi) is 5.67. The lowest BCUT2D eigenvalue weighted by Gasteiger charge is -2.26. The minimum absolute atomic E-state index is 0.293. The molecule has 0 N–H and O–H groups in total. The van der Waals surface area contributed by atoms with Gasteiger partial charge in [-0.1, -0.05) is 12.8 Å². The van der Waals surface area contributed by atoms with Gasteiger partial charge >= 0.3 is 5.69 Å². The van der Waals surface area contributed by atoms with Crippen molar-refractivity contribution in [3.8, 4) is 0 Å². The second kappa shape index (κ2) is 7.20. The molecule has 2 rings (SSSR count). The molecule has 1 heterocycles. The number of aromatic nitrogens is 2. The number of nitrogens with zero attached hydrogens (tertiary/aromatic N) is 4. The van der Waals surface area contributed by atoms with Gasteiger partial charge in [-0.2, -0.15) is 4.31 Å². The maximum atomic E-state index is 12.7. The molecule has 1 fully saturated rings. The second-order valence-corrected chi connectivity index (χ2v) is 8.51. The van der Waals surface area contributed by atoms with E-state index < -0.39 is 21.3 Å². The van der Waals surface area contributed by atoms with Crippen molar-refractivity contribution >= 4 is 10.0 Å². The van der Waals surface area contributed by atoms with Crippen molar-refractivity contribution in [3.05, 3.63) is 27.0 Å². The molecular weight excluding hydrogens is 332 g/mol. The van der Waals surface area contributed by atoms with Gasteiger partial charge in [-0.15, -0.1) is 0 Å². The highest BCUT2D eigenvalue weighted by atomic mass is 32.2. The highest BCUT2D eigenvalue weighted by Gasteiger charge is 2.27. The molecule has 0 aromatic carbocycles. The number of rotatable bonds is 6. The Bertz CT molecular complexity index is 806. The predicted octanol–water partition coefficient (Wildman–Crippen LogP) is -0.421. The van der Waals surface area contributed by atoms with Crippen molar-refractivity contribution in [2.24, 2.45) is 14.1 Å². The van der Waals surface area contributed by atoms with Crippen molar-refractivity contribution in [1.29, 1.82) is 0 Å². The van der Waals surface area contributed by atoms with Crippen LogP contribution in [-0.4, -0.2) is 60.0 Å². The van der Waals surface area contributed by atoms with E-state index in [0.717, 1.165) is 28.2 Å². The van der Waals surface area contributed by atoms with Crippen LogP contribution in [0, 0.1) is 0 Å². The summed E-state index contributed by atoms with van der Waals surface area (Å²) in [5, 5.41) is 0. The van der Waals surface area contributed by atoms with Crippen LogP contribution in [0.25, 0.3) is 0 Å². The highest BCUT2D eigenvalue weighted by molar-refractivity contribution is 7.89. The average molecular weight is 358 g/mol. The van der Waals surface area contributed by atoms with Gasteiger partial charge in [0.05, 0.1) is 0 Å². The Hall–Kier alpha value is -1.45. The van der Waals surface area contributed by atoms with Crippen LogP contribution >= 0.6 is 0 Å². The molecule has 0 spiro atoms. The molecular formula is C15H26N4O4S. The van der Waals surface area contributed by atoms with Gasteiger partial charge in [-0.05, 0) is 19.9 Å². The van der Waals surface area contributed by atoms with Crippen LogP contribution in [0.1, 0.15) is 25.7 Å². The van der Waals surface area contributed by atoms with Crippen molar-refractivity contribution in [2.75, 3.05) is 27.2 Å². The third-order valence-corrected chi connectivity index (χ3v) is 6.66. The third kappa shape index (κ3) is 3.62. The van der Waals surface area contributed by atoms with Gasteiger partial charge in [-0.25, -0.2) is 13.2 Å². The van der Waals surface area contributed by atoms with E-state index in [1.165, 1.54) is 38.3 Å². The fourth-order valence-corrected chi connectivity index (χ4v) is 4.37. The Morgan fingerprint density at radius 2 is 1.71 bits per heavy atom. The first-order valence-electron chi connectivity index (χ1n) is 8.09. The lowest BCUT2D eigenvalue weighted by Crippen LogP contribution is -2.43. The zero-order chi connectivity index (χ0) is 18.1. The minimum atomic E-state index is -3.94. The molecule has 0 amide bonds. The Morgan fingerprint density at radius 3 is 2.29 bits per heavy atom. The molecule has 0 saturated heterocycles. The largest absolute Gasteiger partial charge is 0.330 e. The molecule has 9 heteroatoms. The molecule has 1 aliphatic rings. The molecule has 1 saturated carbocycles. The number of hydrogen-bond acceptors (Lipinski definition) is 5. The first-order chi connectivity index (χ1) is 11.2. The van der Waals surface area contributed by atoms with Crippen LogP contribution < -0.4 is 11.2 Å². The summed E-state index contributed by atoms with van der Waals surface area (Å²) in [4.78, 5) is 25.7. The molecule has 0 unspecified atom stereocenters. The van der Waals surface area contributed by atoms with Gasteiger partial charge in [0.15, 0.2) is 4.90 Å². The van der Waals surface area contributed by atoms with Crippen LogP contribution in [0.4, 0.5) is 0 Å². The van der Waals surface area contributed by atoms with Crippen molar-refractivity contribution < 1.29 is 8.42 Å². The average Bonchev–Trinajstić information content (AvgIpc) is 3.07. The molecule has 1 aromatic heterocycles. The maximum absolute atomic E-state index is 12.7. The lowest BCUT2D eigenvalue weighted by atomic mass is 10.2. The molecule has 24 heavy (non-hydrogen) atoms. The molecule has 0 radical (unpaired) electrons. The Morgan fingerprint density at radius 1 is 1.12 bits per heavy atom.